The molecule has 0 radical (unpaired) electrons. The molecule has 0 amide bonds. The molecule has 3 fully saturated rings. The quantitative estimate of drug-likeness (QED) is 0.140. The first-order valence-electron chi connectivity index (χ1n) is 17.9. The van der Waals surface area contributed by atoms with Crippen LogP contribution in [0.15, 0.2) is 30.3 Å². The summed E-state index contributed by atoms with van der Waals surface area (Å²) in [5, 5.41) is 0. The van der Waals surface area contributed by atoms with Crippen LogP contribution >= 0.6 is 0 Å². The second-order valence-electron chi connectivity index (χ2n) is 12.5. The Bertz CT molecular complexity index is 921. The number of ether oxygens (including phenoxy) is 10. The van der Waals surface area contributed by atoms with Crippen molar-refractivity contribution in [2.45, 2.75) is 147 Å². The van der Waals surface area contributed by atoms with Gasteiger partial charge in [-0.25, -0.2) is 0 Å². The minimum Gasteiger partial charge on any atom is -0.379 e. The second-order valence-corrected chi connectivity index (χ2v) is 12.5. The van der Waals surface area contributed by atoms with Gasteiger partial charge in [-0.05, 0) is 25.7 Å². The number of hydrogen-bond donors (Lipinski definition) is 0. The van der Waals surface area contributed by atoms with E-state index in [1.807, 2.05) is 30.3 Å². The first-order valence-corrected chi connectivity index (χ1v) is 17.9. The van der Waals surface area contributed by atoms with E-state index in [0.29, 0.717) is 46.1 Å². The minimum atomic E-state index is -0.700. The highest BCUT2D eigenvalue weighted by Crippen LogP contribution is 2.38. The van der Waals surface area contributed by atoms with Crippen LogP contribution in [0.3, 0.4) is 0 Å². The molecule has 10 heteroatoms. The van der Waals surface area contributed by atoms with Crippen LogP contribution in [0.2, 0.25) is 0 Å². The largest absolute Gasteiger partial charge is 0.379 e. The third-order valence-electron chi connectivity index (χ3n) is 8.75. The van der Waals surface area contributed by atoms with Crippen molar-refractivity contribution in [3.63, 3.8) is 0 Å². The maximum absolute atomic E-state index is 6.83. The highest BCUT2D eigenvalue weighted by Gasteiger charge is 2.53. The zero-order valence-corrected chi connectivity index (χ0v) is 28.8. The molecule has 3 heterocycles. The molecule has 10 atom stereocenters. The molecule has 5 unspecified atom stereocenters. The Morgan fingerprint density at radius 3 is 2.04 bits per heavy atom. The Hall–Kier alpha value is -1.18. The summed E-state index contributed by atoms with van der Waals surface area (Å²) in [6.07, 6.45) is 4.02. The summed E-state index contributed by atoms with van der Waals surface area (Å²) in [4.78, 5) is 0. The van der Waals surface area contributed by atoms with Crippen molar-refractivity contribution in [3.05, 3.63) is 35.9 Å². The van der Waals surface area contributed by atoms with Gasteiger partial charge in [-0.3, -0.25) is 0 Å². The average molecular weight is 653 g/mol. The molecule has 0 bridgehead atoms. The van der Waals surface area contributed by atoms with E-state index in [1.165, 1.54) is 0 Å². The molecule has 0 spiro atoms. The van der Waals surface area contributed by atoms with Crippen molar-refractivity contribution in [2.24, 2.45) is 0 Å². The number of unbranched alkanes of at least 4 members (excludes halogenated alkanes) is 4. The predicted molar refractivity (Wildman–Crippen MR) is 173 cm³/mol. The number of methoxy groups -OCH3 is 1. The Labute approximate surface area is 276 Å². The van der Waals surface area contributed by atoms with Gasteiger partial charge in [0.15, 0.2) is 18.9 Å². The summed E-state index contributed by atoms with van der Waals surface area (Å²) in [5.74, 6) is 0. The SMILES string of the molecule is CCCCOCC1O[C@@H](OC2C(OCCCC)C3O[C@H](c4ccccc4)OC[C@H]3O[C@@H]2OC)CC(OCCCC)[C@@H]1OCCCC. The number of benzene rings is 1. The molecule has 0 aliphatic carbocycles. The molecule has 4 rings (SSSR count). The van der Waals surface area contributed by atoms with E-state index >= 15 is 0 Å². The molecule has 0 saturated carbocycles. The van der Waals surface area contributed by atoms with Gasteiger partial charge < -0.3 is 47.4 Å². The topological polar surface area (TPSA) is 92.3 Å². The zero-order chi connectivity index (χ0) is 32.6. The molecular weight excluding hydrogens is 592 g/mol. The maximum atomic E-state index is 6.83. The predicted octanol–water partition coefficient (Wildman–Crippen LogP) is 6.34. The van der Waals surface area contributed by atoms with Gasteiger partial charge in [0.05, 0.1) is 19.3 Å². The minimum absolute atomic E-state index is 0.207. The average Bonchev–Trinajstić information content (AvgIpc) is 3.08. The van der Waals surface area contributed by atoms with E-state index in [0.717, 1.165) is 56.9 Å². The van der Waals surface area contributed by atoms with Crippen LogP contribution in [0, 0.1) is 0 Å². The molecule has 1 aromatic carbocycles. The lowest BCUT2D eigenvalue weighted by atomic mass is 9.96. The fourth-order valence-corrected chi connectivity index (χ4v) is 6.07. The molecule has 3 saturated heterocycles. The lowest BCUT2D eigenvalue weighted by Crippen LogP contribution is -2.65. The van der Waals surface area contributed by atoms with Crippen LogP contribution in [0.25, 0.3) is 0 Å². The number of fused-ring (bicyclic) bond motifs is 1. The molecule has 264 valence electrons. The Balaban J connectivity index is 1.55. The monoisotopic (exact) mass is 652 g/mol. The van der Waals surface area contributed by atoms with Gasteiger partial charge in [-0.1, -0.05) is 83.7 Å². The van der Waals surface area contributed by atoms with Gasteiger partial charge in [-0.15, -0.1) is 0 Å². The highest BCUT2D eigenvalue weighted by atomic mass is 16.8. The van der Waals surface area contributed by atoms with Gasteiger partial charge in [0.25, 0.3) is 0 Å². The Morgan fingerprint density at radius 2 is 1.37 bits per heavy atom. The summed E-state index contributed by atoms with van der Waals surface area (Å²) >= 11 is 0. The van der Waals surface area contributed by atoms with E-state index in [1.54, 1.807) is 7.11 Å². The third kappa shape index (κ3) is 10.9. The number of hydrogen-bond acceptors (Lipinski definition) is 10. The lowest BCUT2D eigenvalue weighted by Gasteiger charge is -2.50. The van der Waals surface area contributed by atoms with Crippen LogP contribution in [0.5, 0.6) is 0 Å². The second kappa shape index (κ2) is 21.0. The smallest absolute Gasteiger partial charge is 0.186 e. The molecule has 0 aromatic heterocycles. The maximum Gasteiger partial charge on any atom is 0.186 e. The molecule has 3 aliphatic rings. The van der Waals surface area contributed by atoms with Crippen molar-refractivity contribution in [1.29, 1.82) is 0 Å². The highest BCUT2D eigenvalue weighted by molar-refractivity contribution is 5.16. The Morgan fingerprint density at radius 1 is 0.717 bits per heavy atom. The van der Waals surface area contributed by atoms with E-state index < -0.39 is 37.2 Å². The van der Waals surface area contributed by atoms with Crippen LogP contribution in [0.1, 0.15) is 97.3 Å². The van der Waals surface area contributed by atoms with Crippen LogP contribution in [0.4, 0.5) is 0 Å². The van der Waals surface area contributed by atoms with E-state index in [9.17, 15) is 0 Å². The van der Waals surface area contributed by atoms with Gasteiger partial charge in [0.1, 0.15) is 36.6 Å². The normalized spacial score (nSPS) is 33.2. The molecule has 0 N–H and O–H groups in total. The Kier molecular flexibility index (Phi) is 17.2. The van der Waals surface area contributed by atoms with E-state index in [4.69, 9.17) is 47.4 Å². The summed E-state index contributed by atoms with van der Waals surface area (Å²) < 4.78 is 64.0. The van der Waals surface area contributed by atoms with Gasteiger partial charge in [-0.2, -0.15) is 0 Å². The molecule has 3 aliphatic heterocycles. The van der Waals surface area contributed by atoms with Crippen molar-refractivity contribution >= 4 is 0 Å². The van der Waals surface area contributed by atoms with E-state index in [2.05, 4.69) is 27.7 Å². The number of rotatable bonds is 21. The summed E-state index contributed by atoms with van der Waals surface area (Å²) in [7, 11) is 1.63. The van der Waals surface area contributed by atoms with Crippen molar-refractivity contribution in [2.75, 3.05) is 46.8 Å². The van der Waals surface area contributed by atoms with Gasteiger partial charge in [0, 0.05) is 45.5 Å². The van der Waals surface area contributed by atoms with Crippen molar-refractivity contribution < 1.29 is 47.4 Å². The van der Waals surface area contributed by atoms with Crippen molar-refractivity contribution in [1.82, 2.24) is 0 Å². The molecule has 46 heavy (non-hydrogen) atoms. The summed E-state index contributed by atoms with van der Waals surface area (Å²) in [5.41, 5.74) is 0.947. The van der Waals surface area contributed by atoms with Crippen LogP contribution in [-0.4, -0.2) is 102 Å². The first kappa shape index (κ1) is 37.6. The summed E-state index contributed by atoms with van der Waals surface area (Å²) in [6, 6.07) is 9.95. The lowest BCUT2D eigenvalue weighted by molar-refractivity contribution is -0.387. The zero-order valence-electron chi connectivity index (χ0n) is 28.8. The standard InChI is InChI=1S/C36H60O10/c1-6-10-19-38-24-28-31(40-21-12-8-3)27(39-20-11-7-2)23-30(43-28)45-34-33(41-22-13-9-4)32-29(44-36(34)37-5)25-42-35(46-32)26-17-15-14-16-18-26/h14-18,27-36H,6-13,19-25H2,1-5H3/t27?,28?,29-,30+,31+,32?,33?,34?,35-,36+/m1/s1. The van der Waals surface area contributed by atoms with Crippen LogP contribution in [-0.2, 0) is 47.4 Å². The first-order chi connectivity index (χ1) is 22.6. The van der Waals surface area contributed by atoms with Gasteiger partial charge >= 0.3 is 0 Å². The molecule has 1 aromatic rings. The molecular formula is C36H60O10. The van der Waals surface area contributed by atoms with E-state index in [-0.39, 0.29) is 24.4 Å². The summed E-state index contributed by atoms with van der Waals surface area (Å²) in [6.45, 7) is 11.9. The van der Waals surface area contributed by atoms with Crippen molar-refractivity contribution in [3.8, 4) is 0 Å². The van der Waals surface area contributed by atoms with Crippen LogP contribution < -0.4 is 0 Å². The molecule has 10 nitrogen and oxygen atoms in total. The fraction of sp³-hybridized carbons (Fsp3) is 0.833. The van der Waals surface area contributed by atoms with Gasteiger partial charge in [0.2, 0.25) is 0 Å². The fourth-order valence-electron chi connectivity index (χ4n) is 6.07. The third-order valence-corrected chi connectivity index (χ3v) is 8.75.